The third-order valence-corrected chi connectivity index (χ3v) is 12.7. The summed E-state index contributed by atoms with van der Waals surface area (Å²) in [5.74, 6) is -0.482. The molecule has 0 aromatic heterocycles. The average Bonchev–Trinajstić information content (AvgIpc) is 3.28. The number of aliphatic hydroxyl groups excluding tert-OH is 2. The van der Waals surface area contributed by atoms with Crippen molar-refractivity contribution in [2.75, 3.05) is 6.61 Å². The second kappa shape index (κ2) is 51.1. The molecule has 6 heteroatoms. The van der Waals surface area contributed by atoms with Crippen LogP contribution in [0.2, 0.25) is 0 Å². The van der Waals surface area contributed by atoms with Crippen molar-refractivity contribution in [3.05, 3.63) is 36.5 Å². The molecule has 0 rings (SSSR count). The maximum Gasteiger partial charge on any atom is 0.306 e. The van der Waals surface area contributed by atoms with Gasteiger partial charge in [0.15, 0.2) is 0 Å². The Morgan fingerprint density at radius 2 is 0.810 bits per heavy atom. The highest BCUT2D eigenvalue weighted by Crippen LogP contribution is 2.18. The minimum atomic E-state index is -0.791. The van der Waals surface area contributed by atoms with Crippen LogP contribution in [0.5, 0.6) is 0 Å². The molecule has 6 nitrogen and oxygen atoms in total. The lowest BCUT2D eigenvalue weighted by Gasteiger charge is -2.24. The Kier molecular flexibility index (Phi) is 49.5. The Morgan fingerprint density at radius 1 is 0.460 bits per heavy atom. The van der Waals surface area contributed by atoms with Crippen molar-refractivity contribution in [3.8, 4) is 0 Å². The predicted octanol–water partition coefficient (Wildman–Crippen LogP) is 16.8. The maximum absolute atomic E-state index is 13.2. The number of allylic oxidation sites excluding steroid dienone is 6. The van der Waals surface area contributed by atoms with Gasteiger partial charge in [0.1, 0.15) is 6.10 Å². The Hall–Kier alpha value is -1.92. The monoisotopic (exact) mass is 886 g/mol. The SMILES string of the molecule is CCCCC/C=C\C/C=C\C/C=C\CCCCCCC(CC(=O)NC(CO)C(O)CCCCCCCCCCCC)OC(=O)CCCCCCCCCCCCCCCCCCC. The van der Waals surface area contributed by atoms with Crippen molar-refractivity contribution < 1.29 is 24.5 Å². The van der Waals surface area contributed by atoms with Crippen LogP contribution < -0.4 is 5.32 Å². The van der Waals surface area contributed by atoms with Crippen LogP contribution in [0.25, 0.3) is 0 Å². The number of ether oxygens (including phenoxy) is 1. The van der Waals surface area contributed by atoms with E-state index in [1.165, 1.54) is 161 Å². The Bertz CT molecular complexity index is 1040. The number of hydrogen-bond donors (Lipinski definition) is 3. The lowest BCUT2D eigenvalue weighted by atomic mass is 10.0. The van der Waals surface area contributed by atoms with Gasteiger partial charge in [-0.1, -0.05) is 250 Å². The molecule has 3 atom stereocenters. The van der Waals surface area contributed by atoms with Gasteiger partial charge >= 0.3 is 5.97 Å². The molecule has 370 valence electrons. The van der Waals surface area contributed by atoms with Gasteiger partial charge in [-0.05, 0) is 64.2 Å². The maximum atomic E-state index is 13.2. The molecule has 0 aliphatic carbocycles. The molecular weight excluding hydrogens is 779 g/mol. The minimum Gasteiger partial charge on any atom is -0.462 e. The molecule has 3 unspecified atom stereocenters. The fraction of sp³-hybridized carbons (Fsp3) is 0.860. The van der Waals surface area contributed by atoms with Crippen molar-refractivity contribution in [2.45, 2.75) is 309 Å². The van der Waals surface area contributed by atoms with E-state index in [-0.39, 0.29) is 24.9 Å². The van der Waals surface area contributed by atoms with Crippen LogP contribution in [0.1, 0.15) is 290 Å². The molecule has 0 saturated carbocycles. The van der Waals surface area contributed by atoms with Crippen LogP contribution in [-0.4, -0.2) is 46.9 Å². The van der Waals surface area contributed by atoms with Crippen molar-refractivity contribution in [1.29, 1.82) is 0 Å². The number of unbranched alkanes of at least 4 members (excludes halogenated alkanes) is 32. The molecular formula is C57H107NO5. The molecule has 0 saturated heterocycles. The molecule has 0 fully saturated rings. The number of nitrogens with one attached hydrogen (secondary N) is 1. The van der Waals surface area contributed by atoms with Gasteiger partial charge in [0.2, 0.25) is 5.91 Å². The first-order valence-corrected chi connectivity index (χ1v) is 27.7. The zero-order valence-corrected chi connectivity index (χ0v) is 42.2. The smallest absolute Gasteiger partial charge is 0.306 e. The van der Waals surface area contributed by atoms with E-state index in [0.717, 1.165) is 83.5 Å². The predicted molar refractivity (Wildman–Crippen MR) is 273 cm³/mol. The zero-order chi connectivity index (χ0) is 45.9. The normalized spacial score (nSPS) is 13.4. The summed E-state index contributed by atoms with van der Waals surface area (Å²) in [4.78, 5) is 26.2. The number of carbonyl (C=O) groups is 2. The van der Waals surface area contributed by atoms with Crippen LogP contribution in [0.4, 0.5) is 0 Å². The summed E-state index contributed by atoms with van der Waals surface area (Å²) < 4.78 is 5.95. The van der Waals surface area contributed by atoms with Crippen molar-refractivity contribution in [2.24, 2.45) is 0 Å². The lowest BCUT2D eigenvalue weighted by Crippen LogP contribution is -2.46. The van der Waals surface area contributed by atoms with Gasteiger partial charge in [0.25, 0.3) is 0 Å². The topological polar surface area (TPSA) is 95.9 Å². The Labute approximate surface area is 392 Å². The van der Waals surface area contributed by atoms with E-state index in [4.69, 9.17) is 4.74 Å². The summed E-state index contributed by atoms with van der Waals surface area (Å²) in [5.41, 5.74) is 0. The third-order valence-electron chi connectivity index (χ3n) is 12.7. The first kappa shape index (κ1) is 61.1. The van der Waals surface area contributed by atoms with Crippen LogP contribution in [-0.2, 0) is 14.3 Å². The van der Waals surface area contributed by atoms with Gasteiger partial charge in [0.05, 0.1) is 25.2 Å². The first-order valence-electron chi connectivity index (χ1n) is 27.7. The third kappa shape index (κ3) is 46.4. The van der Waals surface area contributed by atoms with Gasteiger partial charge in [-0.15, -0.1) is 0 Å². The van der Waals surface area contributed by atoms with E-state index >= 15 is 0 Å². The van der Waals surface area contributed by atoms with Crippen LogP contribution in [0.15, 0.2) is 36.5 Å². The summed E-state index contributed by atoms with van der Waals surface area (Å²) in [5, 5.41) is 23.8. The Morgan fingerprint density at radius 3 is 1.25 bits per heavy atom. The molecule has 0 aromatic rings. The van der Waals surface area contributed by atoms with Gasteiger partial charge in [-0.2, -0.15) is 0 Å². The van der Waals surface area contributed by atoms with Gasteiger partial charge in [-0.25, -0.2) is 0 Å². The summed E-state index contributed by atoms with van der Waals surface area (Å²) in [6, 6.07) is -0.706. The molecule has 0 heterocycles. The number of amides is 1. The van der Waals surface area contributed by atoms with Crippen molar-refractivity contribution >= 4 is 11.9 Å². The fourth-order valence-electron chi connectivity index (χ4n) is 8.50. The van der Waals surface area contributed by atoms with Gasteiger partial charge in [-0.3, -0.25) is 9.59 Å². The molecule has 0 radical (unpaired) electrons. The number of carbonyl (C=O) groups excluding carboxylic acids is 2. The molecule has 63 heavy (non-hydrogen) atoms. The zero-order valence-electron chi connectivity index (χ0n) is 42.2. The summed E-state index contributed by atoms with van der Waals surface area (Å²) in [6.45, 7) is 6.46. The van der Waals surface area contributed by atoms with Gasteiger partial charge in [0, 0.05) is 6.42 Å². The molecule has 0 aliphatic rings. The highest BCUT2D eigenvalue weighted by atomic mass is 16.5. The minimum absolute atomic E-state index is 0.0666. The van der Waals surface area contributed by atoms with Crippen LogP contribution in [0.3, 0.4) is 0 Å². The van der Waals surface area contributed by atoms with E-state index in [1.54, 1.807) is 0 Å². The molecule has 1 amide bonds. The molecule has 3 N–H and O–H groups in total. The number of esters is 1. The highest BCUT2D eigenvalue weighted by Gasteiger charge is 2.24. The van der Waals surface area contributed by atoms with E-state index < -0.39 is 18.2 Å². The standard InChI is InChI=1S/C57H107NO5/c1-4-7-10-13-16-19-22-24-26-28-30-32-34-36-39-42-45-48-53(51-56(61)58-54(52-59)55(60)49-46-43-40-37-21-18-15-12-9-6-3)63-57(62)50-47-44-41-38-35-33-31-29-27-25-23-20-17-14-11-8-5-2/h16,19,24,26,30,32,53-55,59-60H,4-15,17-18,20-23,25,27-29,31,33-52H2,1-3H3,(H,58,61)/b19-16-,26-24-,32-30-. The number of aliphatic hydroxyl groups is 2. The second-order valence-electron chi connectivity index (χ2n) is 19.0. The van der Waals surface area contributed by atoms with E-state index in [9.17, 15) is 19.8 Å². The van der Waals surface area contributed by atoms with Crippen LogP contribution >= 0.6 is 0 Å². The summed E-state index contributed by atoms with van der Waals surface area (Å²) in [6.07, 6.45) is 60.6. The molecule has 0 spiro atoms. The van der Waals surface area contributed by atoms with E-state index in [0.29, 0.717) is 19.3 Å². The van der Waals surface area contributed by atoms with Crippen molar-refractivity contribution in [3.63, 3.8) is 0 Å². The van der Waals surface area contributed by atoms with E-state index in [2.05, 4.69) is 62.5 Å². The van der Waals surface area contributed by atoms with Gasteiger partial charge < -0.3 is 20.3 Å². The molecule has 0 aliphatic heterocycles. The fourth-order valence-corrected chi connectivity index (χ4v) is 8.50. The summed E-state index contributed by atoms with van der Waals surface area (Å²) >= 11 is 0. The number of rotatable bonds is 50. The number of hydrogen-bond acceptors (Lipinski definition) is 5. The molecule has 0 aromatic carbocycles. The lowest BCUT2D eigenvalue weighted by molar-refractivity contribution is -0.151. The largest absolute Gasteiger partial charge is 0.462 e. The quantitative estimate of drug-likeness (QED) is 0.0321. The van der Waals surface area contributed by atoms with Crippen molar-refractivity contribution in [1.82, 2.24) is 5.32 Å². The molecule has 0 bridgehead atoms. The average molecular weight is 886 g/mol. The highest BCUT2D eigenvalue weighted by molar-refractivity contribution is 5.77. The summed E-state index contributed by atoms with van der Waals surface area (Å²) in [7, 11) is 0. The van der Waals surface area contributed by atoms with Crippen LogP contribution in [0, 0.1) is 0 Å². The first-order chi connectivity index (χ1) is 31.0. The second-order valence-corrected chi connectivity index (χ2v) is 19.0. The Balaban J connectivity index is 4.57. The van der Waals surface area contributed by atoms with E-state index in [1.807, 2.05) is 0 Å².